The molecule has 2 fully saturated rings. The molecular weight excluding hydrogens is 474 g/mol. The third kappa shape index (κ3) is 4.04. The number of amides is 2. The molecule has 2 atom stereocenters. The highest BCUT2D eigenvalue weighted by Crippen LogP contribution is 2.38. The van der Waals surface area contributed by atoms with Crippen molar-refractivity contribution in [1.29, 1.82) is 0 Å². The van der Waals surface area contributed by atoms with Gasteiger partial charge in [-0.05, 0) is 36.8 Å². The normalized spacial score (nSPS) is 22.8. The Balaban J connectivity index is 1.28. The van der Waals surface area contributed by atoms with Gasteiger partial charge in [0.2, 0.25) is 28.1 Å². The number of esters is 1. The highest BCUT2D eigenvalue weighted by molar-refractivity contribution is 7.89. The smallest absolute Gasteiger partial charge is 0.340 e. The van der Waals surface area contributed by atoms with E-state index in [0.717, 1.165) is 0 Å². The van der Waals surface area contributed by atoms with Crippen molar-refractivity contribution in [2.24, 2.45) is 0 Å². The summed E-state index contributed by atoms with van der Waals surface area (Å²) in [6.07, 6.45) is -0.434. The average Bonchev–Trinajstić information content (AvgIpc) is 3.43. The molecule has 184 valence electrons. The summed E-state index contributed by atoms with van der Waals surface area (Å²) in [5, 5.41) is 0. The Morgan fingerprint density at radius 1 is 1.00 bits per heavy atom. The molecular formula is C24H25N3O7S. The van der Waals surface area contributed by atoms with E-state index in [-0.39, 0.29) is 49.3 Å². The standard InChI is InChI=1S/C24H25N3O7S/c1-33-16-6-8-17(9-7-16)35(31,32)26-14-12-25(13-15-26)22(29)20-10-11-21(28)27(20)23-18-4-2-3-5-19(18)24(30)34-23/h2-9,20,23H,10-15H2,1H3/t20-,23?/m0/s1. The number of likely N-dealkylation sites (tertiary alicyclic amines) is 1. The van der Waals surface area contributed by atoms with Gasteiger partial charge in [-0.25, -0.2) is 13.2 Å². The van der Waals surface area contributed by atoms with Crippen molar-refractivity contribution >= 4 is 27.8 Å². The van der Waals surface area contributed by atoms with Crippen LogP contribution in [0.3, 0.4) is 0 Å². The molecule has 3 aliphatic rings. The number of benzene rings is 2. The van der Waals surface area contributed by atoms with Crippen LogP contribution in [0.1, 0.15) is 35.0 Å². The van der Waals surface area contributed by atoms with E-state index < -0.39 is 28.3 Å². The molecule has 10 nitrogen and oxygen atoms in total. The fourth-order valence-electron chi connectivity index (χ4n) is 4.83. The van der Waals surface area contributed by atoms with E-state index in [1.165, 1.54) is 28.4 Å². The lowest BCUT2D eigenvalue weighted by atomic mass is 10.1. The summed E-state index contributed by atoms with van der Waals surface area (Å²) in [6.45, 7) is 0.686. The van der Waals surface area contributed by atoms with Gasteiger partial charge < -0.3 is 14.4 Å². The van der Waals surface area contributed by atoms with E-state index in [1.807, 2.05) is 0 Å². The molecule has 2 saturated heterocycles. The molecule has 2 aromatic carbocycles. The van der Waals surface area contributed by atoms with Gasteiger partial charge >= 0.3 is 5.97 Å². The van der Waals surface area contributed by atoms with Crippen LogP contribution in [0.4, 0.5) is 0 Å². The van der Waals surface area contributed by atoms with Gasteiger partial charge in [-0.2, -0.15) is 4.31 Å². The summed E-state index contributed by atoms with van der Waals surface area (Å²) < 4.78 is 38.0. The van der Waals surface area contributed by atoms with E-state index in [4.69, 9.17) is 9.47 Å². The van der Waals surface area contributed by atoms with E-state index in [0.29, 0.717) is 23.3 Å². The van der Waals surface area contributed by atoms with Gasteiger partial charge in [0.05, 0.1) is 17.6 Å². The van der Waals surface area contributed by atoms with Crippen LogP contribution in [0, 0.1) is 0 Å². The summed E-state index contributed by atoms with van der Waals surface area (Å²) in [5.41, 5.74) is 0.960. The van der Waals surface area contributed by atoms with E-state index in [2.05, 4.69) is 0 Å². The van der Waals surface area contributed by atoms with Crippen molar-refractivity contribution in [2.45, 2.75) is 30.0 Å². The fraction of sp³-hybridized carbons (Fsp3) is 0.375. The maximum absolute atomic E-state index is 13.4. The Morgan fingerprint density at radius 3 is 2.37 bits per heavy atom. The number of nitrogens with zero attached hydrogens (tertiary/aromatic N) is 3. The number of cyclic esters (lactones) is 1. The number of hydrogen-bond donors (Lipinski definition) is 0. The van der Waals surface area contributed by atoms with Crippen LogP contribution in [0.25, 0.3) is 0 Å². The maximum atomic E-state index is 13.4. The van der Waals surface area contributed by atoms with E-state index in [1.54, 1.807) is 41.3 Å². The van der Waals surface area contributed by atoms with Crippen molar-refractivity contribution in [3.63, 3.8) is 0 Å². The lowest BCUT2D eigenvalue weighted by molar-refractivity contribution is -0.151. The van der Waals surface area contributed by atoms with Crippen LogP contribution >= 0.6 is 0 Å². The molecule has 1 unspecified atom stereocenters. The molecule has 0 saturated carbocycles. The number of carbonyl (C=O) groups is 3. The van der Waals surface area contributed by atoms with Crippen LogP contribution < -0.4 is 4.74 Å². The first-order chi connectivity index (χ1) is 16.8. The average molecular weight is 500 g/mol. The van der Waals surface area contributed by atoms with Crippen LogP contribution in [-0.4, -0.2) is 79.6 Å². The Kier molecular flexibility index (Phi) is 5.97. The quantitative estimate of drug-likeness (QED) is 0.571. The molecule has 0 bridgehead atoms. The molecule has 3 aliphatic heterocycles. The summed E-state index contributed by atoms with van der Waals surface area (Å²) in [4.78, 5) is 41.5. The molecule has 3 heterocycles. The third-order valence-corrected chi connectivity index (χ3v) is 8.62. The molecule has 0 spiro atoms. The minimum atomic E-state index is -3.71. The zero-order valence-electron chi connectivity index (χ0n) is 19.1. The largest absolute Gasteiger partial charge is 0.497 e. The number of rotatable bonds is 5. The Morgan fingerprint density at radius 2 is 1.69 bits per heavy atom. The number of ether oxygens (including phenoxy) is 2. The predicted octanol–water partition coefficient (Wildman–Crippen LogP) is 1.39. The summed E-state index contributed by atoms with van der Waals surface area (Å²) in [6, 6.07) is 12.2. The summed E-state index contributed by atoms with van der Waals surface area (Å²) >= 11 is 0. The maximum Gasteiger partial charge on any atom is 0.340 e. The Labute approximate surface area is 203 Å². The summed E-state index contributed by atoms with van der Waals surface area (Å²) in [7, 11) is -2.20. The predicted molar refractivity (Wildman–Crippen MR) is 123 cm³/mol. The van der Waals surface area contributed by atoms with Crippen molar-refractivity contribution in [3.8, 4) is 5.75 Å². The van der Waals surface area contributed by atoms with Gasteiger partial charge in [-0.3, -0.25) is 14.5 Å². The molecule has 2 amide bonds. The molecule has 0 radical (unpaired) electrons. The van der Waals surface area contributed by atoms with Gasteiger partial charge in [0.1, 0.15) is 11.8 Å². The lowest BCUT2D eigenvalue weighted by Crippen LogP contribution is -2.55. The van der Waals surface area contributed by atoms with Gasteiger partial charge in [0, 0.05) is 38.2 Å². The second kappa shape index (κ2) is 8.97. The first-order valence-corrected chi connectivity index (χ1v) is 12.8. The van der Waals surface area contributed by atoms with Crippen LogP contribution in [0.5, 0.6) is 5.75 Å². The molecule has 35 heavy (non-hydrogen) atoms. The number of hydrogen-bond acceptors (Lipinski definition) is 7. The van der Waals surface area contributed by atoms with Crippen molar-refractivity contribution in [1.82, 2.24) is 14.1 Å². The molecule has 2 aromatic rings. The monoisotopic (exact) mass is 499 g/mol. The lowest BCUT2D eigenvalue weighted by Gasteiger charge is -2.37. The number of carbonyl (C=O) groups excluding carboxylic acids is 3. The van der Waals surface area contributed by atoms with Gasteiger partial charge in [-0.1, -0.05) is 18.2 Å². The molecule has 0 aliphatic carbocycles. The van der Waals surface area contributed by atoms with Gasteiger partial charge in [0.25, 0.3) is 0 Å². The second-order valence-electron chi connectivity index (χ2n) is 8.61. The Hall–Kier alpha value is -3.44. The van der Waals surface area contributed by atoms with Gasteiger partial charge in [-0.15, -0.1) is 0 Å². The minimum Gasteiger partial charge on any atom is -0.497 e. The summed E-state index contributed by atoms with van der Waals surface area (Å²) in [5.74, 6) is -0.476. The van der Waals surface area contributed by atoms with E-state index in [9.17, 15) is 22.8 Å². The van der Waals surface area contributed by atoms with Crippen molar-refractivity contribution < 1.29 is 32.3 Å². The number of piperazine rings is 1. The topological polar surface area (TPSA) is 114 Å². The number of fused-ring (bicyclic) bond motifs is 1. The van der Waals surface area contributed by atoms with Gasteiger partial charge in [0.15, 0.2) is 0 Å². The minimum absolute atomic E-state index is 0.141. The van der Waals surface area contributed by atoms with Crippen LogP contribution in [-0.2, 0) is 24.3 Å². The van der Waals surface area contributed by atoms with Crippen molar-refractivity contribution in [3.05, 3.63) is 59.7 Å². The molecule has 11 heteroatoms. The molecule has 0 aromatic heterocycles. The zero-order chi connectivity index (χ0) is 24.7. The first-order valence-electron chi connectivity index (χ1n) is 11.4. The zero-order valence-corrected chi connectivity index (χ0v) is 19.9. The highest BCUT2D eigenvalue weighted by atomic mass is 32.2. The number of sulfonamides is 1. The van der Waals surface area contributed by atoms with Crippen LogP contribution in [0.2, 0.25) is 0 Å². The second-order valence-corrected chi connectivity index (χ2v) is 10.5. The fourth-order valence-corrected chi connectivity index (χ4v) is 6.25. The van der Waals surface area contributed by atoms with E-state index >= 15 is 0 Å². The molecule has 5 rings (SSSR count). The first kappa shape index (κ1) is 23.3. The SMILES string of the molecule is COc1ccc(S(=O)(=O)N2CCN(C(=O)[C@@H]3CCC(=O)N3C3OC(=O)c4ccccc43)CC2)cc1. The Bertz CT molecular complexity index is 1270. The number of methoxy groups -OCH3 is 1. The third-order valence-electron chi connectivity index (χ3n) is 6.71. The highest BCUT2D eigenvalue weighted by Gasteiger charge is 2.47. The van der Waals surface area contributed by atoms with Crippen LogP contribution in [0.15, 0.2) is 53.4 Å². The van der Waals surface area contributed by atoms with Crippen molar-refractivity contribution in [2.75, 3.05) is 33.3 Å². The molecule has 0 N–H and O–H groups in total.